The fraction of sp³-hybridized carbons (Fsp3) is 0.667. The maximum Gasteiger partial charge on any atom is 0.129 e. The van der Waals surface area contributed by atoms with E-state index in [0.717, 1.165) is 5.75 Å². The van der Waals surface area contributed by atoms with Gasteiger partial charge in [0.1, 0.15) is 5.75 Å². The van der Waals surface area contributed by atoms with E-state index in [1.165, 1.54) is 37.0 Å². The van der Waals surface area contributed by atoms with Crippen molar-refractivity contribution in [3.8, 4) is 5.75 Å². The molecule has 2 nitrogen and oxygen atoms in total. The van der Waals surface area contributed by atoms with Gasteiger partial charge in [0.15, 0.2) is 0 Å². The van der Waals surface area contributed by atoms with Crippen LogP contribution in [0.2, 0.25) is 0 Å². The molecule has 1 unspecified atom stereocenters. The van der Waals surface area contributed by atoms with Gasteiger partial charge < -0.3 is 10.5 Å². The van der Waals surface area contributed by atoms with Crippen LogP contribution in [-0.4, -0.2) is 7.11 Å². The zero-order valence-corrected chi connectivity index (χ0v) is 10.1. The third-order valence-electron chi connectivity index (χ3n) is 3.32. The summed E-state index contributed by atoms with van der Waals surface area (Å²) in [5.74, 6) is 1.63. The van der Waals surface area contributed by atoms with Crippen LogP contribution in [0.25, 0.3) is 0 Å². The Balaban J connectivity index is 2.02. The molecule has 1 aliphatic rings. The number of nitrogens with two attached hydrogens (primary N) is 1. The first kappa shape index (κ1) is 11.0. The molecule has 1 fully saturated rings. The molecule has 0 spiro atoms. The summed E-state index contributed by atoms with van der Waals surface area (Å²) in [4.78, 5) is 1.28. The molecule has 2 N–H and O–H groups in total. The molecule has 3 heteroatoms. The summed E-state index contributed by atoms with van der Waals surface area (Å²) in [7, 11) is 1.71. The number of ether oxygens (including phenoxy) is 1. The van der Waals surface area contributed by atoms with Crippen LogP contribution in [0.3, 0.4) is 0 Å². The van der Waals surface area contributed by atoms with Crippen molar-refractivity contribution in [3.63, 3.8) is 0 Å². The molecule has 15 heavy (non-hydrogen) atoms. The second kappa shape index (κ2) is 4.99. The lowest BCUT2D eigenvalue weighted by molar-refractivity contribution is 0.310. The van der Waals surface area contributed by atoms with Crippen molar-refractivity contribution in [2.24, 2.45) is 11.7 Å². The van der Waals surface area contributed by atoms with Gasteiger partial charge in [0, 0.05) is 16.3 Å². The highest BCUT2D eigenvalue weighted by molar-refractivity contribution is 7.10. The van der Waals surface area contributed by atoms with Gasteiger partial charge in [-0.15, -0.1) is 11.3 Å². The summed E-state index contributed by atoms with van der Waals surface area (Å²) in [6.07, 6.45) is 6.67. The Morgan fingerprint density at radius 3 is 2.73 bits per heavy atom. The van der Waals surface area contributed by atoms with Gasteiger partial charge >= 0.3 is 0 Å². The average molecular weight is 225 g/mol. The fourth-order valence-corrected chi connectivity index (χ4v) is 3.29. The van der Waals surface area contributed by atoms with Gasteiger partial charge in [0.05, 0.1) is 7.11 Å². The second-order valence-electron chi connectivity index (χ2n) is 4.31. The Bertz CT molecular complexity index is 304. The van der Waals surface area contributed by atoms with Crippen molar-refractivity contribution < 1.29 is 4.74 Å². The highest BCUT2D eigenvalue weighted by Gasteiger charge is 2.22. The quantitative estimate of drug-likeness (QED) is 0.856. The van der Waals surface area contributed by atoms with Crippen LogP contribution < -0.4 is 10.5 Å². The first-order valence-corrected chi connectivity index (χ1v) is 6.57. The molecule has 1 atom stereocenters. The number of thiophene rings is 1. The van der Waals surface area contributed by atoms with E-state index in [-0.39, 0.29) is 6.04 Å². The highest BCUT2D eigenvalue weighted by Crippen LogP contribution is 2.36. The Hall–Kier alpha value is -0.540. The van der Waals surface area contributed by atoms with E-state index in [4.69, 9.17) is 10.5 Å². The Morgan fingerprint density at radius 1 is 1.40 bits per heavy atom. The van der Waals surface area contributed by atoms with Gasteiger partial charge in [-0.3, -0.25) is 0 Å². The Labute approximate surface area is 95.4 Å². The van der Waals surface area contributed by atoms with Gasteiger partial charge in [-0.1, -0.05) is 19.3 Å². The van der Waals surface area contributed by atoms with Gasteiger partial charge in [-0.2, -0.15) is 0 Å². The van der Waals surface area contributed by atoms with Crippen LogP contribution in [0.1, 0.15) is 43.0 Å². The van der Waals surface area contributed by atoms with Crippen LogP contribution in [0.4, 0.5) is 0 Å². The number of rotatable bonds is 3. The van der Waals surface area contributed by atoms with E-state index < -0.39 is 0 Å². The lowest BCUT2D eigenvalue weighted by Crippen LogP contribution is -2.22. The van der Waals surface area contributed by atoms with Crippen LogP contribution in [0.15, 0.2) is 11.4 Å². The molecule has 1 aromatic rings. The van der Waals surface area contributed by atoms with E-state index in [1.54, 1.807) is 18.4 Å². The first-order chi connectivity index (χ1) is 7.31. The van der Waals surface area contributed by atoms with E-state index >= 15 is 0 Å². The fourth-order valence-electron chi connectivity index (χ4n) is 2.34. The minimum atomic E-state index is 0.221. The Morgan fingerprint density at radius 2 is 2.13 bits per heavy atom. The third-order valence-corrected chi connectivity index (χ3v) is 4.33. The van der Waals surface area contributed by atoms with Crippen LogP contribution in [0.5, 0.6) is 5.75 Å². The molecule has 1 aromatic heterocycles. The van der Waals surface area contributed by atoms with Crippen molar-refractivity contribution in [2.45, 2.75) is 38.1 Å². The van der Waals surface area contributed by atoms with E-state index in [2.05, 4.69) is 6.07 Å². The summed E-state index contributed by atoms with van der Waals surface area (Å²) < 4.78 is 5.19. The van der Waals surface area contributed by atoms with Crippen molar-refractivity contribution in [3.05, 3.63) is 16.3 Å². The van der Waals surface area contributed by atoms with Crippen LogP contribution in [0, 0.1) is 5.92 Å². The molecule has 1 saturated carbocycles. The molecule has 1 aliphatic carbocycles. The molecule has 0 aliphatic heterocycles. The largest absolute Gasteiger partial charge is 0.496 e. The molecule has 0 amide bonds. The molecule has 1 heterocycles. The predicted molar refractivity (Wildman–Crippen MR) is 64.4 cm³/mol. The third kappa shape index (κ3) is 2.52. The summed E-state index contributed by atoms with van der Waals surface area (Å²) >= 11 is 1.73. The van der Waals surface area contributed by atoms with E-state index in [1.807, 2.05) is 5.38 Å². The van der Waals surface area contributed by atoms with Gasteiger partial charge in [-0.25, -0.2) is 0 Å². The zero-order chi connectivity index (χ0) is 10.7. The lowest BCUT2D eigenvalue weighted by atomic mass is 9.84. The second-order valence-corrected chi connectivity index (χ2v) is 5.26. The monoisotopic (exact) mass is 225 g/mol. The normalized spacial score (nSPS) is 20.1. The van der Waals surface area contributed by atoms with Crippen molar-refractivity contribution >= 4 is 11.3 Å². The molecule has 84 valence electrons. The number of methoxy groups -OCH3 is 1. The van der Waals surface area contributed by atoms with Gasteiger partial charge in [0.25, 0.3) is 0 Å². The molecule has 0 bridgehead atoms. The molecule has 0 saturated heterocycles. The standard InChI is InChI=1S/C12H19NOS/c1-14-10-7-11(15-8-10)12(13)9-5-3-2-4-6-9/h7-9,12H,2-6,13H2,1H3. The van der Waals surface area contributed by atoms with E-state index in [9.17, 15) is 0 Å². The predicted octanol–water partition coefficient (Wildman–Crippen LogP) is 3.34. The maximum absolute atomic E-state index is 6.29. The zero-order valence-electron chi connectivity index (χ0n) is 9.24. The minimum Gasteiger partial charge on any atom is -0.496 e. The molecule has 2 rings (SSSR count). The highest BCUT2D eigenvalue weighted by atomic mass is 32.1. The summed E-state index contributed by atoms with van der Waals surface area (Å²) in [5, 5.41) is 2.04. The molecule has 0 radical (unpaired) electrons. The number of hydrogen-bond acceptors (Lipinski definition) is 3. The summed E-state index contributed by atoms with van der Waals surface area (Å²) in [5.41, 5.74) is 6.29. The maximum atomic E-state index is 6.29. The molecular weight excluding hydrogens is 206 g/mol. The smallest absolute Gasteiger partial charge is 0.129 e. The SMILES string of the molecule is COc1csc(C(N)C2CCCCC2)c1. The summed E-state index contributed by atoms with van der Waals surface area (Å²) in [6, 6.07) is 2.31. The van der Waals surface area contributed by atoms with Gasteiger partial charge in [-0.05, 0) is 24.8 Å². The topological polar surface area (TPSA) is 35.2 Å². The van der Waals surface area contributed by atoms with Gasteiger partial charge in [0.2, 0.25) is 0 Å². The lowest BCUT2D eigenvalue weighted by Gasteiger charge is -2.26. The van der Waals surface area contributed by atoms with Crippen molar-refractivity contribution in [1.29, 1.82) is 0 Å². The molecule has 0 aromatic carbocycles. The van der Waals surface area contributed by atoms with Crippen molar-refractivity contribution in [1.82, 2.24) is 0 Å². The minimum absolute atomic E-state index is 0.221. The number of hydrogen-bond donors (Lipinski definition) is 1. The average Bonchev–Trinajstić information content (AvgIpc) is 2.78. The van der Waals surface area contributed by atoms with Crippen molar-refractivity contribution in [2.75, 3.05) is 7.11 Å². The van der Waals surface area contributed by atoms with Crippen LogP contribution in [-0.2, 0) is 0 Å². The van der Waals surface area contributed by atoms with Crippen LogP contribution >= 0.6 is 11.3 Å². The van der Waals surface area contributed by atoms with E-state index in [0.29, 0.717) is 5.92 Å². The summed E-state index contributed by atoms with van der Waals surface area (Å²) in [6.45, 7) is 0. The molecular formula is C12H19NOS. The Kier molecular flexibility index (Phi) is 3.65. The first-order valence-electron chi connectivity index (χ1n) is 5.69.